The summed E-state index contributed by atoms with van der Waals surface area (Å²) in [5.74, 6) is 2.26. The Hall–Kier alpha value is -1.36. The zero-order valence-corrected chi connectivity index (χ0v) is 13.9. The second-order valence-electron chi connectivity index (χ2n) is 7.56. The molecule has 1 aromatic heterocycles. The lowest BCUT2D eigenvalue weighted by Gasteiger charge is -2.40. The Morgan fingerprint density at radius 2 is 1.83 bits per heavy atom. The van der Waals surface area contributed by atoms with Gasteiger partial charge in [-0.05, 0) is 37.5 Å². The molecule has 23 heavy (non-hydrogen) atoms. The van der Waals surface area contributed by atoms with Crippen LogP contribution in [0.15, 0.2) is 6.20 Å². The minimum atomic E-state index is 0.179. The lowest BCUT2D eigenvalue weighted by atomic mass is 9.72. The number of aromatic nitrogens is 2. The van der Waals surface area contributed by atoms with Gasteiger partial charge in [-0.1, -0.05) is 19.3 Å². The first-order valence-corrected chi connectivity index (χ1v) is 9.33. The van der Waals surface area contributed by atoms with Crippen LogP contribution in [0.1, 0.15) is 66.9 Å². The molecule has 1 aromatic rings. The Morgan fingerprint density at radius 3 is 2.48 bits per heavy atom. The zero-order chi connectivity index (χ0) is 15.8. The van der Waals surface area contributed by atoms with Crippen LogP contribution >= 0.6 is 0 Å². The molecule has 1 saturated heterocycles. The van der Waals surface area contributed by atoms with Crippen molar-refractivity contribution >= 4 is 5.91 Å². The highest BCUT2D eigenvalue weighted by molar-refractivity contribution is 5.95. The highest BCUT2D eigenvalue weighted by Crippen LogP contribution is 2.39. The van der Waals surface area contributed by atoms with E-state index in [0.29, 0.717) is 6.54 Å². The molecular formula is C18H28N4O. The van der Waals surface area contributed by atoms with E-state index in [1.807, 2.05) is 4.68 Å². The molecule has 1 aliphatic carbocycles. The van der Waals surface area contributed by atoms with Gasteiger partial charge in [-0.3, -0.25) is 9.48 Å². The normalized spacial score (nSPS) is 26.0. The maximum atomic E-state index is 13.0. The molecular weight excluding hydrogens is 288 g/mol. The van der Waals surface area contributed by atoms with Crippen molar-refractivity contribution < 1.29 is 4.79 Å². The predicted molar refractivity (Wildman–Crippen MR) is 89.2 cm³/mol. The van der Waals surface area contributed by atoms with Gasteiger partial charge in [0.05, 0.1) is 17.5 Å². The number of piperidine rings is 1. The van der Waals surface area contributed by atoms with Crippen LogP contribution in [-0.4, -0.2) is 40.2 Å². The Morgan fingerprint density at radius 1 is 1.09 bits per heavy atom. The van der Waals surface area contributed by atoms with Crippen molar-refractivity contribution in [3.8, 4) is 0 Å². The average Bonchev–Trinajstić information content (AvgIpc) is 2.97. The highest BCUT2D eigenvalue weighted by atomic mass is 16.2. The number of hydrogen-bond acceptors (Lipinski definition) is 3. The van der Waals surface area contributed by atoms with Gasteiger partial charge in [-0.15, -0.1) is 0 Å². The van der Waals surface area contributed by atoms with Crippen molar-refractivity contribution in [2.24, 2.45) is 17.6 Å². The first-order valence-electron chi connectivity index (χ1n) is 9.33. The van der Waals surface area contributed by atoms with Gasteiger partial charge >= 0.3 is 0 Å². The monoisotopic (exact) mass is 316 g/mol. The summed E-state index contributed by atoms with van der Waals surface area (Å²) >= 11 is 0. The van der Waals surface area contributed by atoms with E-state index < -0.39 is 0 Å². The van der Waals surface area contributed by atoms with E-state index >= 15 is 0 Å². The summed E-state index contributed by atoms with van der Waals surface area (Å²) in [5, 5.41) is 4.45. The van der Waals surface area contributed by atoms with Gasteiger partial charge in [0.15, 0.2) is 0 Å². The molecule has 5 nitrogen and oxygen atoms in total. The van der Waals surface area contributed by atoms with Crippen molar-refractivity contribution in [2.45, 2.75) is 57.4 Å². The molecule has 0 radical (unpaired) electrons. The Balaban J connectivity index is 1.46. The lowest BCUT2D eigenvalue weighted by molar-refractivity contribution is 0.0607. The smallest absolute Gasteiger partial charge is 0.257 e. The fourth-order valence-electron chi connectivity index (χ4n) is 4.68. The van der Waals surface area contributed by atoms with Crippen LogP contribution < -0.4 is 5.73 Å². The Kier molecular flexibility index (Phi) is 4.14. The molecule has 1 saturated carbocycles. The van der Waals surface area contributed by atoms with Gasteiger partial charge in [0.2, 0.25) is 0 Å². The maximum Gasteiger partial charge on any atom is 0.257 e. The molecule has 4 rings (SSSR count). The van der Waals surface area contributed by atoms with Gasteiger partial charge in [0.1, 0.15) is 0 Å². The van der Waals surface area contributed by atoms with Gasteiger partial charge in [0, 0.05) is 32.1 Å². The topological polar surface area (TPSA) is 64.2 Å². The quantitative estimate of drug-likeness (QED) is 0.931. The van der Waals surface area contributed by atoms with Crippen LogP contribution in [0.3, 0.4) is 0 Å². The number of fused-ring (bicyclic) bond motifs is 1. The minimum absolute atomic E-state index is 0.179. The highest BCUT2D eigenvalue weighted by Gasteiger charge is 2.34. The molecule has 3 heterocycles. The van der Waals surface area contributed by atoms with Crippen molar-refractivity contribution in [3.63, 3.8) is 0 Å². The molecule has 126 valence electrons. The summed E-state index contributed by atoms with van der Waals surface area (Å²) in [5.41, 5.74) is 7.83. The molecule has 5 heteroatoms. The van der Waals surface area contributed by atoms with Crippen molar-refractivity contribution in [1.29, 1.82) is 0 Å². The van der Waals surface area contributed by atoms with Crippen LogP contribution in [0, 0.1) is 11.8 Å². The van der Waals surface area contributed by atoms with Gasteiger partial charge in [-0.25, -0.2) is 0 Å². The summed E-state index contributed by atoms with van der Waals surface area (Å²) in [7, 11) is 0. The largest absolute Gasteiger partial charge is 0.339 e. The number of amides is 1. The number of rotatable bonds is 3. The second kappa shape index (κ2) is 6.27. The Labute approximate surface area is 138 Å². The zero-order valence-electron chi connectivity index (χ0n) is 13.9. The van der Waals surface area contributed by atoms with Crippen molar-refractivity contribution in [3.05, 3.63) is 17.5 Å². The van der Waals surface area contributed by atoms with Crippen molar-refractivity contribution in [2.75, 3.05) is 19.6 Å². The van der Waals surface area contributed by atoms with E-state index in [0.717, 1.165) is 55.6 Å². The fraction of sp³-hybridized carbons (Fsp3) is 0.778. The van der Waals surface area contributed by atoms with Crippen molar-refractivity contribution in [1.82, 2.24) is 14.7 Å². The molecule has 1 unspecified atom stereocenters. The Bertz CT molecular complexity index is 570. The molecule has 0 spiro atoms. The first-order chi connectivity index (χ1) is 11.3. The standard InChI is InChI=1S/C18H28N4O/c19-11-15-5-2-8-22-17(15)16(12-20-22)18(23)21-9-6-14(7-10-21)13-3-1-4-13/h12-15H,1-11,19H2. The molecule has 0 aromatic carbocycles. The van der Waals surface area contributed by atoms with Gasteiger partial charge < -0.3 is 10.6 Å². The minimum Gasteiger partial charge on any atom is -0.339 e. The van der Waals surface area contributed by atoms with E-state index in [1.54, 1.807) is 6.20 Å². The third kappa shape index (κ3) is 2.69. The summed E-state index contributed by atoms with van der Waals surface area (Å²) in [6.07, 6.45) is 10.6. The van der Waals surface area contributed by atoms with Crippen LogP contribution in [-0.2, 0) is 6.54 Å². The SMILES string of the molecule is NCC1CCCn2ncc(C(=O)N3CCC(C4CCC4)CC3)c21. The van der Waals surface area contributed by atoms with Gasteiger partial charge in [-0.2, -0.15) is 5.10 Å². The number of hydrogen-bond donors (Lipinski definition) is 1. The lowest BCUT2D eigenvalue weighted by Crippen LogP contribution is -2.41. The number of likely N-dealkylation sites (tertiary alicyclic amines) is 1. The van der Waals surface area contributed by atoms with E-state index in [9.17, 15) is 4.79 Å². The second-order valence-corrected chi connectivity index (χ2v) is 7.56. The number of nitrogens with zero attached hydrogens (tertiary/aromatic N) is 3. The van der Waals surface area contributed by atoms with Crippen LogP contribution in [0.4, 0.5) is 0 Å². The van der Waals surface area contributed by atoms with Gasteiger partial charge in [0.25, 0.3) is 5.91 Å². The van der Waals surface area contributed by atoms with E-state index in [2.05, 4.69) is 10.00 Å². The molecule has 1 atom stereocenters. The number of aryl methyl sites for hydroxylation is 1. The molecule has 0 bridgehead atoms. The maximum absolute atomic E-state index is 13.0. The average molecular weight is 316 g/mol. The summed E-state index contributed by atoms with van der Waals surface area (Å²) < 4.78 is 2.01. The van der Waals surface area contributed by atoms with Crippen LogP contribution in [0.2, 0.25) is 0 Å². The number of nitrogens with two attached hydrogens (primary N) is 1. The fourth-order valence-corrected chi connectivity index (χ4v) is 4.68. The molecule has 2 N–H and O–H groups in total. The van der Waals surface area contributed by atoms with E-state index in [-0.39, 0.29) is 11.8 Å². The summed E-state index contributed by atoms with van der Waals surface area (Å²) in [6.45, 7) is 3.36. The summed E-state index contributed by atoms with van der Waals surface area (Å²) in [4.78, 5) is 15.0. The van der Waals surface area contributed by atoms with Crippen LogP contribution in [0.5, 0.6) is 0 Å². The van der Waals surface area contributed by atoms with E-state index in [4.69, 9.17) is 5.73 Å². The molecule has 2 fully saturated rings. The molecule has 1 amide bonds. The molecule has 3 aliphatic rings. The van der Waals surface area contributed by atoms with E-state index in [1.165, 1.54) is 32.1 Å². The predicted octanol–water partition coefficient (Wildman–Crippen LogP) is 2.37. The molecule has 2 aliphatic heterocycles. The number of carbonyl (C=O) groups excluding carboxylic acids is 1. The first kappa shape index (κ1) is 15.2. The van der Waals surface area contributed by atoms with Crippen LogP contribution in [0.25, 0.3) is 0 Å². The third-order valence-electron chi connectivity index (χ3n) is 6.35. The number of carbonyl (C=O) groups is 1. The summed E-state index contributed by atoms with van der Waals surface area (Å²) in [6, 6.07) is 0. The third-order valence-corrected chi connectivity index (χ3v) is 6.35.